The second-order valence-electron chi connectivity index (χ2n) is 3.28. The lowest BCUT2D eigenvalue weighted by molar-refractivity contribution is -0.135. The molecule has 84 valence electrons. The van der Waals surface area contributed by atoms with Crippen molar-refractivity contribution in [2.45, 2.75) is 12.8 Å². The molecule has 16 heavy (non-hydrogen) atoms. The van der Waals surface area contributed by atoms with Gasteiger partial charge in [-0.1, -0.05) is 0 Å². The molecule has 2 rings (SSSR count). The summed E-state index contributed by atoms with van der Waals surface area (Å²) in [5, 5.41) is 4.65. The van der Waals surface area contributed by atoms with E-state index in [4.69, 9.17) is 0 Å². The first-order chi connectivity index (χ1) is 7.75. The van der Waals surface area contributed by atoms with Crippen LogP contribution in [0.5, 0.6) is 0 Å². The van der Waals surface area contributed by atoms with E-state index in [0.29, 0.717) is 6.54 Å². The van der Waals surface area contributed by atoms with E-state index >= 15 is 0 Å². The fourth-order valence-electron chi connectivity index (χ4n) is 1.31. The lowest BCUT2D eigenvalue weighted by Crippen LogP contribution is -2.25. The van der Waals surface area contributed by atoms with E-state index in [1.54, 1.807) is 12.4 Å². The molecule has 0 atom stereocenters. The van der Waals surface area contributed by atoms with Crippen molar-refractivity contribution >= 4 is 17.8 Å². The van der Waals surface area contributed by atoms with Crippen molar-refractivity contribution in [3.05, 3.63) is 18.2 Å². The van der Waals surface area contributed by atoms with Gasteiger partial charge in [0.2, 0.25) is 5.96 Å². The van der Waals surface area contributed by atoms with Gasteiger partial charge in [-0.3, -0.25) is 25.2 Å². The molecule has 2 amide bonds. The molecule has 0 aromatic carbocycles. The number of hydrogen-bond donors (Lipinski definition) is 3. The topological polar surface area (TPSA) is 99.2 Å². The van der Waals surface area contributed by atoms with Crippen LogP contribution in [-0.4, -0.2) is 34.3 Å². The second-order valence-corrected chi connectivity index (χ2v) is 3.28. The number of carbonyl (C=O) groups excluding carboxylic acids is 2. The first kappa shape index (κ1) is 10.3. The molecule has 1 aromatic rings. The Morgan fingerprint density at radius 1 is 1.25 bits per heavy atom. The zero-order valence-corrected chi connectivity index (χ0v) is 8.49. The molecule has 7 heteroatoms. The van der Waals surface area contributed by atoms with E-state index in [-0.39, 0.29) is 5.96 Å². The fourth-order valence-corrected chi connectivity index (χ4v) is 1.31. The Kier molecular flexibility index (Phi) is 2.95. The lowest BCUT2D eigenvalue weighted by atomic mass is 10.3. The van der Waals surface area contributed by atoms with Crippen LogP contribution >= 0.6 is 0 Å². The molecule has 1 aliphatic heterocycles. The number of hydrogen-bond acceptors (Lipinski definition) is 4. The Balaban J connectivity index is 1.74. The van der Waals surface area contributed by atoms with Crippen LogP contribution in [0.2, 0.25) is 0 Å². The van der Waals surface area contributed by atoms with Gasteiger partial charge in [-0.15, -0.1) is 0 Å². The Labute approximate surface area is 91.4 Å². The molecule has 0 spiro atoms. The molecule has 3 N–H and O–H groups in total. The van der Waals surface area contributed by atoms with Crippen molar-refractivity contribution in [2.75, 3.05) is 6.54 Å². The van der Waals surface area contributed by atoms with Crippen LogP contribution in [0, 0.1) is 0 Å². The predicted molar refractivity (Wildman–Crippen MR) is 55.5 cm³/mol. The highest BCUT2D eigenvalue weighted by molar-refractivity contribution is 6.45. The number of carbonyl (C=O) groups is 2. The number of aryl methyl sites for hydroxylation is 1. The van der Waals surface area contributed by atoms with Gasteiger partial charge in [0.05, 0.1) is 0 Å². The van der Waals surface area contributed by atoms with Crippen LogP contribution < -0.4 is 10.6 Å². The van der Waals surface area contributed by atoms with Crippen LogP contribution in [0.3, 0.4) is 0 Å². The van der Waals surface area contributed by atoms with Gasteiger partial charge in [-0.2, -0.15) is 0 Å². The number of aliphatic imine (C=N–C) groups is 1. The summed E-state index contributed by atoms with van der Waals surface area (Å²) in [5.41, 5.74) is 0. The molecule has 0 aliphatic carbocycles. The summed E-state index contributed by atoms with van der Waals surface area (Å²) in [7, 11) is 0. The highest BCUT2D eigenvalue weighted by Crippen LogP contribution is 1.95. The van der Waals surface area contributed by atoms with Crippen LogP contribution in [0.25, 0.3) is 0 Å². The molecule has 0 saturated carbocycles. The van der Waals surface area contributed by atoms with Gasteiger partial charge in [0, 0.05) is 25.4 Å². The Morgan fingerprint density at radius 2 is 2.00 bits per heavy atom. The van der Waals surface area contributed by atoms with Crippen molar-refractivity contribution in [1.29, 1.82) is 0 Å². The van der Waals surface area contributed by atoms with Gasteiger partial charge in [0.15, 0.2) is 0 Å². The third-order valence-corrected chi connectivity index (χ3v) is 2.07. The number of nitrogens with zero attached hydrogens (tertiary/aromatic N) is 2. The van der Waals surface area contributed by atoms with Gasteiger partial charge < -0.3 is 4.98 Å². The van der Waals surface area contributed by atoms with Gasteiger partial charge in [0.1, 0.15) is 5.82 Å². The largest absolute Gasteiger partial charge is 0.349 e. The maximum atomic E-state index is 10.8. The zero-order valence-electron chi connectivity index (χ0n) is 8.49. The number of aromatic nitrogens is 2. The standard InChI is InChI=1S/C9H11N5O2/c15-7-8(16)14-9(13-7)12-3-1-2-6-10-4-5-11-6/h4-5H,1-3H2,(H,10,11)(H2,12,13,14,15,16). The predicted octanol–water partition coefficient (Wildman–Crippen LogP) is -1.06. The highest BCUT2D eigenvalue weighted by atomic mass is 16.2. The Bertz CT molecular complexity index is 405. The van der Waals surface area contributed by atoms with E-state index in [9.17, 15) is 9.59 Å². The number of aromatic amines is 1. The molecule has 7 nitrogen and oxygen atoms in total. The third kappa shape index (κ3) is 2.44. The fraction of sp³-hybridized carbons (Fsp3) is 0.333. The van der Waals surface area contributed by atoms with E-state index in [2.05, 4.69) is 25.6 Å². The number of H-pyrrole nitrogens is 1. The van der Waals surface area contributed by atoms with Crippen LogP contribution in [0.4, 0.5) is 0 Å². The van der Waals surface area contributed by atoms with E-state index in [1.807, 2.05) is 0 Å². The van der Waals surface area contributed by atoms with Crippen molar-refractivity contribution < 1.29 is 9.59 Å². The summed E-state index contributed by atoms with van der Waals surface area (Å²) in [5.74, 6) is -0.191. The lowest BCUT2D eigenvalue weighted by Gasteiger charge is -1.96. The maximum absolute atomic E-state index is 10.8. The minimum absolute atomic E-state index is 0.231. The minimum atomic E-state index is -0.662. The maximum Gasteiger partial charge on any atom is 0.316 e. The summed E-state index contributed by atoms with van der Waals surface area (Å²) in [4.78, 5) is 32.7. The van der Waals surface area contributed by atoms with Gasteiger partial charge in [0.25, 0.3) is 0 Å². The summed E-state index contributed by atoms with van der Waals surface area (Å²) in [6, 6.07) is 0. The molecule has 0 unspecified atom stereocenters. The third-order valence-electron chi connectivity index (χ3n) is 2.07. The smallest absolute Gasteiger partial charge is 0.316 e. The molecule has 0 radical (unpaired) electrons. The summed E-state index contributed by atoms with van der Waals surface area (Å²) >= 11 is 0. The van der Waals surface area contributed by atoms with Gasteiger partial charge >= 0.3 is 11.8 Å². The van der Waals surface area contributed by atoms with E-state index in [0.717, 1.165) is 18.7 Å². The number of rotatable bonds is 4. The van der Waals surface area contributed by atoms with E-state index < -0.39 is 11.8 Å². The molecule has 2 heterocycles. The van der Waals surface area contributed by atoms with Crippen LogP contribution in [0.1, 0.15) is 12.2 Å². The molecule has 0 bridgehead atoms. The molecule has 1 aromatic heterocycles. The summed E-state index contributed by atoms with van der Waals surface area (Å²) < 4.78 is 0. The molecule has 1 saturated heterocycles. The van der Waals surface area contributed by atoms with Crippen molar-refractivity contribution in [3.63, 3.8) is 0 Å². The van der Waals surface area contributed by atoms with Crippen molar-refractivity contribution in [2.24, 2.45) is 4.99 Å². The monoisotopic (exact) mass is 221 g/mol. The number of imidazole rings is 1. The Morgan fingerprint density at radius 3 is 2.62 bits per heavy atom. The number of guanidine groups is 1. The first-order valence-corrected chi connectivity index (χ1v) is 4.91. The Hall–Kier alpha value is -2.18. The normalized spacial score (nSPS) is 14.9. The van der Waals surface area contributed by atoms with Crippen LogP contribution in [-0.2, 0) is 16.0 Å². The first-order valence-electron chi connectivity index (χ1n) is 4.91. The highest BCUT2D eigenvalue weighted by Gasteiger charge is 2.24. The quantitative estimate of drug-likeness (QED) is 0.446. The summed E-state index contributed by atoms with van der Waals surface area (Å²) in [6.45, 7) is 0.524. The SMILES string of the molecule is O=C1NC(=NCCCc2ncc[nH]2)NC1=O. The minimum Gasteiger partial charge on any atom is -0.349 e. The van der Waals surface area contributed by atoms with Crippen LogP contribution in [0.15, 0.2) is 17.4 Å². The average Bonchev–Trinajstić information content (AvgIpc) is 2.85. The van der Waals surface area contributed by atoms with Gasteiger partial charge in [-0.25, -0.2) is 4.98 Å². The van der Waals surface area contributed by atoms with Crippen molar-refractivity contribution in [3.8, 4) is 0 Å². The molecule has 1 fully saturated rings. The number of amides is 2. The summed E-state index contributed by atoms with van der Waals surface area (Å²) in [6.07, 6.45) is 5.03. The van der Waals surface area contributed by atoms with Crippen molar-refractivity contribution in [1.82, 2.24) is 20.6 Å². The van der Waals surface area contributed by atoms with E-state index in [1.165, 1.54) is 0 Å². The van der Waals surface area contributed by atoms with Gasteiger partial charge in [-0.05, 0) is 6.42 Å². The molecule has 1 aliphatic rings. The number of nitrogens with one attached hydrogen (secondary N) is 3. The molecular weight excluding hydrogens is 210 g/mol. The second kappa shape index (κ2) is 4.56. The molecular formula is C9H11N5O2. The zero-order chi connectivity index (χ0) is 11.4. The average molecular weight is 221 g/mol.